The van der Waals surface area contributed by atoms with Gasteiger partial charge in [0.2, 0.25) is 0 Å². The number of rotatable bonds is 1. The molecule has 1 nitrogen and oxygen atoms in total. The number of nitrogens with zero attached hydrogens (tertiary/aromatic N) is 1. The molecule has 0 saturated heterocycles. The number of benzene rings is 1. The van der Waals surface area contributed by atoms with Gasteiger partial charge in [-0.3, -0.25) is 0 Å². The van der Waals surface area contributed by atoms with E-state index in [1.807, 2.05) is 0 Å². The maximum atomic E-state index is 12.9. The molecule has 0 bridgehead atoms. The van der Waals surface area contributed by atoms with E-state index < -0.39 is 28.8 Å². The molecule has 0 radical (unpaired) electrons. The fourth-order valence-corrected chi connectivity index (χ4v) is 1.99. The zero-order valence-corrected chi connectivity index (χ0v) is 10.8. The molecule has 0 unspecified atom stereocenters. The van der Waals surface area contributed by atoms with Gasteiger partial charge < -0.3 is 0 Å². The summed E-state index contributed by atoms with van der Waals surface area (Å²) in [4.78, 5) is 3.08. The summed E-state index contributed by atoms with van der Waals surface area (Å²) in [5.41, 5.74) is -3.07. The maximum Gasteiger partial charge on any atom is 0.433 e. The highest BCUT2D eigenvalue weighted by atomic mass is 35.5. The third-order valence-electron chi connectivity index (χ3n) is 2.63. The summed E-state index contributed by atoms with van der Waals surface area (Å²) in [5.74, 6) is 0. The van der Waals surface area contributed by atoms with Gasteiger partial charge >= 0.3 is 12.4 Å². The lowest BCUT2D eigenvalue weighted by Crippen LogP contribution is -2.10. The molecule has 2 aromatic rings. The summed E-state index contributed by atoms with van der Waals surface area (Å²) in [5, 5.41) is -0.531. The monoisotopic (exact) mass is 325 g/mol. The summed E-state index contributed by atoms with van der Waals surface area (Å²) in [7, 11) is 0. The molecule has 0 aliphatic rings. The average Bonchev–Trinajstić information content (AvgIpc) is 2.36. The van der Waals surface area contributed by atoms with E-state index in [1.54, 1.807) is 0 Å². The number of alkyl halides is 6. The van der Waals surface area contributed by atoms with Crippen molar-refractivity contribution >= 4 is 11.6 Å². The molecule has 0 aliphatic carbocycles. The molecule has 2 rings (SSSR count). The first kappa shape index (κ1) is 15.6. The molecule has 1 aromatic heterocycles. The fourth-order valence-electron chi connectivity index (χ4n) is 1.78. The Morgan fingerprint density at radius 1 is 0.857 bits per heavy atom. The molecule has 112 valence electrons. The van der Waals surface area contributed by atoms with Crippen LogP contribution in [-0.4, -0.2) is 4.98 Å². The Hall–Kier alpha value is -1.76. The van der Waals surface area contributed by atoms with Gasteiger partial charge in [-0.25, -0.2) is 4.98 Å². The molecular formula is C13H6ClF6N. The zero-order chi connectivity index (χ0) is 15.8. The molecule has 0 atom stereocenters. The van der Waals surface area contributed by atoms with E-state index in [0.29, 0.717) is 6.07 Å². The van der Waals surface area contributed by atoms with Crippen molar-refractivity contribution in [2.45, 2.75) is 12.4 Å². The minimum absolute atomic E-state index is 0.296. The number of pyridine rings is 1. The van der Waals surface area contributed by atoms with Gasteiger partial charge in [0.1, 0.15) is 10.8 Å². The second-order valence-electron chi connectivity index (χ2n) is 4.10. The Kier molecular flexibility index (Phi) is 3.88. The van der Waals surface area contributed by atoms with Crippen molar-refractivity contribution in [1.29, 1.82) is 0 Å². The Labute approximate surface area is 120 Å². The Balaban J connectivity index is 2.66. The maximum absolute atomic E-state index is 12.9. The van der Waals surface area contributed by atoms with Gasteiger partial charge in [0.05, 0.1) is 5.56 Å². The van der Waals surface area contributed by atoms with Gasteiger partial charge in [-0.2, -0.15) is 26.3 Å². The summed E-state index contributed by atoms with van der Waals surface area (Å²) >= 11 is 5.48. The summed E-state index contributed by atoms with van der Waals surface area (Å²) in [6, 6.07) is 5.81. The number of hydrogen-bond acceptors (Lipinski definition) is 1. The van der Waals surface area contributed by atoms with E-state index in [0.717, 1.165) is 24.3 Å². The van der Waals surface area contributed by atoms with Gasteiger partial charge in [-0.1, -0.05) is 29.8 Å². The van der Waals surface area contributed by atoms with Gasteiger partial charge in [-0.05, 0) is 29.3 Å². The topological polar surface area (TPSA) is 12.9 Å². The van der Waals surface area contributed by atoms with E-state index in [-0.39, 0.29) is 11.1 Å². The Morgan fingerprint density at radius 3 is 2.05 bits per heavy atom. The first-order valence-corrected chi connectivity index (χ1v) is 5.88. The summed E-state index contributed by atoms with van der Waals surface area (Å²) in [6.07, 6.45) is -9.49. The van der Waals surface area contributed by atoms with Crippen LogP contribution in [-0.2, 0) is 12.4 Å². The van der Waals surface area contributed by atoms with Gasteiger partial charge in [0.15, 0.2) is 0 Å². The van der Waals surface area contributed by atoms with Gasteiger partial charge in [0.25, 0.3) is 0 Å². The standard InChI is InChI=1S/C13H6ClF6N/c14-11-6-7(5-10(21-11)13(18,19)20)8-3-1-2-4-9(8)12(15,16)17/h1-6H. The van der Waals surface area contributed by atoms with Gasteiger partial charge in [0, 0.05) is 0 Å². The second kappa shape index (κ2) is 5.22. The van der Waals surface area contributed by atoms with Crippen molar-refractivity contribution in [1.82, 2.24) is 4.98 Å². The molecule has 0 spiro atoms. The van der Waals surface area contributed by atoms with Crippen LogP contribution in [0.3, 0.4) is 0 Å². The van der Waals surface area contributed by atoms with E-state index in [4.69, 9.17) is 11.6 Å². The van der Waals surface area contributed by atoms with E-state index >= 15 is 0 Å². The van der Waals surface area contributed by atoms with Gasteiger partial charge in [-0.15, -0.1) is 0 Å². The van der Waals surface area contributed by atoms with Crippen LogP contribution in [0.25, 0.3) is 11.1 Å². The average molecular weight is 326 g/mol. The lowest BCUT2D eigenvalue weighted by Gasteiger charge is -2.14. The molecule has 8 heteroatoms. The normalized spacial score (nSPS) is 12.5. The number of aromatic nitrogens is 1. The molecule has 0 amide bonds. The Bertz CT molecular complexity index is 662. The van der Waals surface area contributed by atoms with Crippen LogP contribution in [0.4, 0.5) is 26.3 Å². The SMILES string of the molecule is FC(F)(F)c1cc(-c2ccccc2C(F)(F)F)cc(Cl)n1. The van der Waals surface area contributed by atoms with Crippen molar-refractivity contribution in [3.8, 4) is 11.1 Å². The molecule has 0 fully saturated rings. The minimum Gasteiger partial charge on any atom is -0.232 e. The van der Waals surface area contributed by atoms with Crippen molar-refractivity contribution in [3.05, 3.63) is 52.8 Å². The van der Waals surface area contributed by atoms with Crippen LogP contribution < -0.4 is 0 Å². The number of hydrogen-bond donors (Lipinski definition) is 0. The highest BCUT2D eigenvalue weighted by Crippen LogP contribution is 2.39. The molecule has 21 heavy (non-hydrogen) atoms. The summed E-state index contributed by atoms with van der Waals surface area (Å²) < 4.78 is 76.7. The lowest BCUT2D eigenvalue weighted by molar-refractivity contribution is -0.141. The minimum atomic E-state index is -4.80. The van der Waals surface area contributed by atoms with Crippen molar-refractivity contribution < 1.29 is 26.3 Å². The highest BCUT2D eigenvalue weighted by molar-refractivity contribution is 6.29. The second-order valence-corrected chi connectivity index (χ2v) is 4.49. The van der Waals surface area contributed by atoms with Crippen molar-refractivity contribution in [3.63, 3.8) is 0 Å². The number of halogens is 7. The molecule has 0 saturated carbocycles. The van der Waals surface area contributed by atoms with Crippen LogP contribution in [0.15, 0.2) is 36.4 Å². The molecule has 0 aliphatic heterocycles. The Morgan fingerprint density at radius 2 is 1.48 bits per heavy atom. The first-order valence-electron chi connectivity index (χ1n) is 5.50. The largest absolute Gasteiger partial charge is 0.433 e. The molecular weight excluding hydrogens is 320 g/mol. The quantitative estimate of drug-likeness (QED) is 0.502. The van der Waals surface area contributed by atoms with Crippen molar-refractivity contribution in [2.24, 2.45) is 0 Å². The summed E-state index contributed by atoms with van der Waals surface area (Å²) in [6.45, 7) is 0. The zero-order valence-electron chi connectivity index (χ0n) is 10.1. The predicted molar refractivity (Wildman–Crippen MR) is 64.7 cm³/mol. The van der Waals surface area contributed by atoms with Crippen LogP contribution in [0, 0.1) is 0 Å². The first-order chi connectivity index (χ1) is 9.59. The molecule has 0 N–H and O–H groups in total. The fraction of sp³-hybridized carbons (Fsp3) is 0.154. The predicted octanol–water partition coefficient (Wildman–Crippen LogP) is 5.44. The third kappa shape index (κ3) is 3.47. The van der Waals surface area contributed by atoms with Crippen molar-refractivity contribution in [2.75, 3.05) is 0 Å². The molecule has 1 aromatic carbocycles. The third-order valence-corrected chi connectivity index (χ3v) is 2.82. The molecule has 1 heterocycles. The smallest absolute Gasteiger partial charge is 0.232 e. The van der Waals surface area contributed by atoms with E-state index in [9.17, 15) is 26.3 Å². The van der Waals surface area contributed by atoms with E-state index in [1.165, 1.54) is 6.07 Å². The van der Waals surface area contributed by atoms with Crippen LogP contribution in [0.2, 0.25) is 5.15 Å². The van der Waals surface area contributed by atoms with Crippen LogP contribution in [0.1, 0.15) is 11.3 Å². The van der Waals surface area contributed by atoms with Crippen LogP contribution >= 0.6 is 11.6 Å². The van der Waals surface area contributed by atoms with Crippen LogP contribution in [0.5, 0.6) is 0 Å². The lowest BCUT2D eigenvalue weighted by atomic mass is 9.99. The van der Waals surface area contributed by atoms with E-state index in [2.05, 4.69) is 4.98 Å². The highest BCUT2D eigenvalue weighted by Gasteiger charge is 2.36.